The van der Waals surface area contributed by atoms with Gasteiger partial charge in [-0.3, -0.25) is 0 Å². The van der Waals surface area contributed by atoms with E-state index in [2.05, 4.69) is 45.9 Å². The van der Waals surface area contributed by atoms with Crippen LogP contribution in [-0.2, 0) is 6.54 Å². The molecule has 0 amide bonds. The van der Waals surface area contributed by atoms with Crippen LogP contribution in [0.2, 0.25) is 0 Å². The number of aryl methyl sites for hydroxylation is 1. The van der Waals surface area contributed by atoms with Crippen molar-refractivity contribution in [3.63, 3.8) is 0 Å². The monoisotopic (exact) mass is 211 g/mol. The summed E-state index contributed by atoms with van der Waals surface area (Å²) in [7, 11) is 0. The molecule has 1 aromatic carbocycles. The fourth-order valence-corrected chi connectivity index (χ4v) is 2.00. The first kappa shape index (κ1) is 9.21. The molecule has 3 nitrogen and oxygen atoms in total. The van der Waals surface area contributed by atoms with E-state index in [1.165, 1.54) is 22.0 Å². The van der Waals surface area contributed by atoms with Gasteiger partial charge in [-0.25, -0.2) is 4.98 Å². The van der Waals surface area contributed by atoms with E-state index in [0.29, 0.717) is 0 Å². The van der Waals surface area contributed by atoms with E-state index in [1.807, 2.05) is 12.5 Å². The second-order valence-corrected chi connectivity index (χ2v) is 4.10. The first-order valence-corrected chi connectivity index (χ1v) is 5.35. The number of aromatic amines is 1. The van der Waals surface area contributed by atoms with Crippen LogP contribution in [0.15, 0.2) is 43.1 Å². The van der Waals surface area contributed by atoms with Gasteiger partial charge in [0.05, 0.1) is 12.9 Å². The molecule has 0 fully saturated rings. The first-order valence-electron chi connectivity index (χ1n) is 5.35. The molecule has 0 aliphatic carbocycles. The lowest BCUT2D eigenvalue weighted by Gasteiger charge is -2.01. The van der Waals surface area contributed by atoms with Gasteiger partial charge in [-0.2, -0.15) is 0 Å². The van der Waals surface area contributed by atoms with Crippen molar-refractivity contribution in [3.8, 4) is 0 Å². The zero-order valence-electron chi connectivity index (χ0n) is 9.14. The molecular formula is C13H13N3. The van der Waals surface area contributed by atoms with Crippen LogP contribution in [0.5, 0.6) is 0 Å². The maximum atomic E-state index is 4.05. The number of hydrogen-bond acceptors (Lipinski definition) is 1. The van der Waals surface area contributed by atoms with Gasteiger partial charge >= 0.3 is 0 Å². The van der Waals surface area contributed by atoms with Gasteiger partial charge < -0.3 is 9.55 Å². The molecule has 16 heavy (non-hydrogen) atoms. The van der Waals surface area contributed by atoms with E-state index in [1.54, 1.807) is 6.20 Å². The number of rotatable bonds is 2. The zero-order valence-corrected chi connectivity index (χ0v) is 9.14. The lowest BCUT2D eigenvalue weighted by molar-refractivity contribution is 0.802. The van der Waals surface area contributed by atoms with E-state index in [4.69, 9.17) is 0 Å². The molecule has 0 atom stereocenters. The summed E-state index contributed by atoms with van der Waals surface area (Å²) in [4.78, 5) is 7.35. The van der Waals surface area contributed by atoms with E-state index in [-0.39, 0.29) is 0 Å². The van der Waals surface area contributed by atoms with Crippen LogP contribution < -0.4 is 0 Å². The molecule has 0 saturated carbocycles. The normalized spacial score (nSPS) is 11.1. The molecule has 3 aromatic rings. The van der Waals surface area contributed by atoms with E-state index in [0.717, 1.165) is 6.54 Å². The minimum atomic E-state index is 0.865. The number of benzene rings is 1. The lowest BCUT2D eigenvalue weighted by Crippen LogP contribution is -1.94. The number of hydrogen-bond donors (Lipinski definition) is 1. The standard InChI is InChI=1S/C13H13N3/c1-10-2-3-13-12(6-10)11(7-15-13)8-16-5-4-14-9-16/h2-7,9,15H,8H2,1H3. The van der Waals surface area contributed by atoms with Gasteiger partial charge in [-0.05, 0) is 24.6 Å². The van der Waals surface area contributed by atoms with Gasteiger partial charge in [0.15, 0.2) is 0 Å². The Morgan fingerprint density at radius 2 is 2.31 bits per heavy atom. The van der Waals surface area contributed by atoms with Crippen LogP contribution in [0.3, 0.4) is 0 Å². The molecule has 80 valence electrons. The molecule has 3 heteroatoms. The quantitative estimate of drug-likeness (QED) is 0.694. The van der Waals surface area contributed by atoms with Gasteiger partial charge in [-0.1, -0.05) is 11.6 Å². The van der Waals surface area contributed by atoms with Crippen molar-refractivity contribution < 1.29 is 0 Å². The summed E-state index contributed by atoms with van der Waals surface area (Å²) in [6, 6.07) is 6.47. The topological polar surface area (TPSA) is 33.6 Å². The number of H-pyrrole nitrogens is 1. The minimum absolute atomic E-state index is 0.865. The number of imidazole rings is 1. The molecule has 2 aromatic heterocycles. The summed E-state index contributed by atoms with van der Waals surface area (Å²) in [5.41, 5.74) is 3.79. The second kappa shape index (κ2) is 3.52. The Labute approximate surface area is 93.7 Å². The Morgan fingerprint density at radius 1 is 1.38 bits per heavy atom. The van der Waals surface area contributed by atoms with Gasteiger partial charge in [0.1, 0.15) is 0 Å². The van der Waals surface area contributed by atoms with Crippen molar-refractivity contribution in [2.75, 3.05) is 0 Å². The van der Waals surface area contributed by atoms with Crippen LogP contribution in [0.25, 0.3) is 10.9 Å². The third-order valence-corrected chi connectivity index (χ3v) is 2.84. The average Bonchev–Trinajstić information content (AvgIpc) is 2.90. The van der Waals surface area contributed by atoms with Crippen LogP contribution >= 0.6 is 0 Å². The number of nitrogens with one attached hydrogen (secondary N) is 1. The molecule has 2 heterocycles. The molecule has 0 radical (unpaired) electrons. The van der Waals surface area contributed by atoms with Gasteiger partial charge in [0.25, 0.3) is 0 Å². The highest BCUT2D eigenvalue weighted by Gasteiger charge is 2.03. The molecule has 0 bridgehead atoms. The van der Waals surface area contributed by atoms with Gasteiger partial charge in [-0.15, -0.1) is 0 Å². The summed E-state index contributed by atoms with van der Waals surface area (Å²) >= 11 is 0. The van der Waals surface area contributed by atoms with E-state index >= 15 is 0 Å². The predicted molar refractivity (Wildman–Crippen MR) is 64.4 cm³/mol. The maximum Gasteiger partial charge on any atom is 0.0949 e. The highest BCUT2D eigenvalue weighted by Crippen LogP contribution is 2.20. The Balaban J connectivity index is 2.07. The first-order chi connectivity index (χ1) is 7.83. The smallest absolute Gasteiger partial charge is 0.0949 e. The van der Waals surface area contributed by atoms with Crippen molar-refractivity contribution in [1.29, 1.82) is 0 Å². The van der Waals surface area contributed by atoms with Crippen molar-refractivity contribution >= 4 is 10.9 Å². The lowest BCUT2D eigenvalue weighted by atomic mass is 10.1. The predicted octanol–water partition coefficient (Wildman–Crippen LogP) is 2.72. The minimum Gasteiger partial charge on any atom is -0.361 e. The Morgan fingerprint density at radius 3 is 3.12 bits per heavy atom. The molecule has 0 aliphatic heterocycles. The zero-order chi connectivity index (χ0) is 11.0. The maximum absolute atomic E-state index is 4.05. The fraction of sp³-hybridized carbons (Fsp3) is 0.154. The van der Waals surface area contributed by atoms with Crippen LogP contribution in [0.4, 0.5) is 0 Å². The van der Waals surface area contributed by atoms with Crippen molar-refractivity contribution in [1.82, 2.24) is 14.5 Å². The van der Waals surface area contributed by atoms with E-state index < -0.39 is 0 Å². The summed E-state index contributed by atoms with van der Waals surface area (Å²) in [5.74, 6) is 0. The summed E-state index contributed by atoms with van der Waals surface area (Å²) in [6.45, 7) is 2.98. The fourth-order valence-electron chi connectivity index (χ4n) is 2.00. The average molecular weight is 211 g/mol. The van der Waals surface area contributed by atoms with Crippen LogP contribution in [-0.4, -0.2) is 14.5 Å². The molecule has 0 aliphatic rings. The number of aromatic nitrogens is 3. The van der Waals surface area contributed by atoms with Crippen molar-refractivity contribution in [3.05, 3.63) is 54.2 Å². The molecule has 0 spiro atoms. The molecule has 0 unspecified atom stereocenters. The van der Waals surface area contributed by atoms with Gasteiger partial charge in [0, 0.05) is 29.5 Å². The third kappa shape index (κ3) is 1.50. The highest BCUT2D eigenvalue weighted by molar-refractivity contribution is 5.83. The van der Waals surface area contributed by atoms with Crippen molar-refractivity contribution in [2.45, 2.75) is 13.5 Å². The largest absolute Gasteiger partial charge is 0.361 e. The van der Waals surface area contributed by atoms with Gasteiger partial charge in [0.2, 0.25) is 0 Å². The third-order valence-electron chi connectivity index (χ3n) is 2.84. The molecular weight excluding hydrogens is 198 g/mol. The van der Waals surface area contributed by atoms with E-state index in [9.17, 15) is 0 Å². The Hall–Kier alpha value is -2.03. The Bertz CT molecular complexity index is 605. The number of nitrogens with zero attached hydrogens (tertiary/aromatic N) is 2. The molecule has 0 saturated heterocycles. The summed E-state index contributed by atoms with van der Waals surface area (Å²) < 4.78 is 2.07. The van der Waals surface area contributed by atoms with Crippen LogP contribution in [0.1, 0.15) is 11.1 Å². The van der Waals surface area contributed by atoms with Crippen LogP contribution in [0, 0.1) is 6.92 Å². The SMILES string of the molecule is Cc1ccc2[nH]cc(Cn3ccnc3)c2c1. The highest BCUT2D eigenvalue weighted by atomic mass is 15.0. The molecule has 3 rings (SSSR count). The summed E-state index contributed by atoms with van der Waals surface area (Å²) in [6.07, 6.45) is 7.70. The summed E-state index contributed by atoms with van der Waals surface area (Å²) in [5, 5.41) is 1.30. The number of fused-ring (bicyclic) bond motifs is 1. The second-order valence-electron chi connectivity index (χ2n) is 4.10. The van der Waals surface area contributed by atoms with Crippen molar-refractivity contribution in [2.24, 2.45) is 0 Å². The Kier molecular flexibility index (Phi) is 2.03. The molecule has 1 N–H and O–H groups in total.